The van der Waals surface area contributed by atoms with Crippen molar-refractivity contribution in [2.75, 3.05) is 5.75 Å². The Morgan fingerprint density at radius 1 is 1.62 bits per heavy atom. The average molecular weight is 239 g/mol. The van der Waals surface area contributed by atoms with E-state index in [4.69, 9.17) is 10.9 Å². The van der Waals surface area contributed by atoms with E-state index in [-0.39, 0.29) is 5.84 Å². The van der Waals surface area contributed by atoms with E-state index in [1.165, 1.54) is 6.42 Å². The molecule has 0 aliphatic heterocycles. The minimum Gasteiger partial charge on any atom is -0.409 e. The van der Waals surface area contributed by atoms with Gasteiger partial charge in [0.05, 0.1) is 0 Å². The Balaban J connectivity index is 2.58. The molecule has 1 heterocycles. The summed E-state index contributed by atoms with van der Waals surface area (Å²) in [4.78, 5) is 5.22. The number of nitrogens with two attached hydrogens (primary N) is 1. The van der Waals surface area contributed by atoms with Crippen molar-refractivity contribution in [1.82, 2.24) is 4.98 Å². The van der Waals surface area contributed by atoms with E-state index >= 15 is 0 Å². The van der Waals surface area contributed by atoms with Crippen molar-refractivity contribution in [1.29, 1.82) is 0 Å². The molecule has 1 rings (SSSR count). The summed E-state index contributed by atoms with van der Waals surface area (Å²) in [5, 5.41) is 11.4. The van der Waals surface area contributed by atoms with Crippen LogP contribution < -0.4 is 5.73 Å². The molecule has 0 bridgehead atoms. The lowest BCUT2D eigenvalue weighted by molar-refractivity contribution is 0.318. The van der Waals surface area contributed by atoms with Crippen molar-refractivity contribution in [2.24, 2.45) is 16.8 Å². The lowest BCUT2D eigenvalue weighted by Crippen LogP contribution is -2.14. The number of hydrogen-bond acceptors (Lipinski definition) is 4. The maximum atomic E-state index is 8.48. The summed E-state index contributed by atoms with van der Waals surface area (Å²) in [6.45, 7) is 4.41. The summed E-state index contributed by atoms with van der Waals surface area (Å²) in [6.07, 6.45) is 2.93. The number of aromatic nitrogens is 1. The third kappa shape index (κ3) is 3.73. The summed E-state index contributed by atoms with van der Waals surface area (Å²) in [5.41, 5.74) is 5.91. The molecule has 4 nitrogen and oxygen atoms in total. The molecule has 1 atom stereocenters. The third-order valence-electron chi connectivity index (χ3n) is 2.34. The van der Waals surface area contributed by atoms with Crippen molar-refractivity contribution < 1.29 is 5.21 Å². The molecule has 0 saturated carbocycles. The van der Waals surface area contributed by atoms with Crippen LogP contribution in [-0.2, 0) is 0 Å². The number of thioether (sulfide) groups is 1. The maximum absolute atomic E-state index is 8.48. The van der Waals surface area contributed by atoms with E-state index in [1.807, 2.05) is 6.07 Å². The maximum Gasteiger partial charge on any atom is 0.188 e. The summed E-state index contributed by atoms with van der Waals surface area (Å²) in [7, 11) is 0. The summed E-state index contributed by atoms with van der Waals surface area (Å²) < 4.78 is 0. The Morgan fingerprint density at radius 3 is 2.88 bits per heavy atom. The number of hydrogen-bond donors (Lipinski definition) is 2. The van der Waals surface area contributed by atoms with Gasteiger partial charge in [-0.3, -0.25) is 4.98 Å². The molecule has 1 unspecified atom stereocenters. The van der Waals surface area contributed by atoms with Gasteiger partial charge in [-0.1, -0.05) is 25.4 Å². The van der Waals surface area contributed by atoms with Crippen molar-refractivity contribution >= 4 is 17.6 Å². The third-order valence-corrected chi connectivity index (χ3v) is 3.65. The highest BCUT2D eigenvalue weighted by atomic mass is 32.2. The second-order valence-electron chi connectivity index (χ2n) is 3.69. The molecule has 1 aromatic rings. The molecular formula is C11H17N3OS. The molecule has 16 heavy (non-hydrogen) atoms. The largest absolute Gasteiger partial charge is 0.409 e. The van der Waals surface area contributed by atoms with Crippen LogP contribution in [-0.4, -0.2) is 21.8 Å². The van der Waals surface area contributed by atoms with E-state index in [1.54, 1.807) is 24.0 Å². The molecule has 1 aromatic heterocycles. The molecule has 88 valence electrons. The lowest BCUT2D eigenvalue weighted by Gasteiger charge is -2.07. The first-order chi connectivity index (χ1) is 7.67. The first-order valence-electron chi connectivity index (χ1n) is 5.24. The molecule has 5 heteroatoms. The van der Waals surface area contributed by atoms with Gasteiger partial charge in [-0.05, 0) is 18.1 Å². The van der Waals surface area contributed by atoms with Crippen LogP contribution in [0.4, 0.5) is 0 Å². The quantitative estimate of drug-likeness (QED) is 0.272. The highest BCUT2D eigenvalue weighted by molar-refractivity contribution is 7.99. The molecule has 0 amide bonds. The van der Waals surface area contributed by atoms with Gasteiger partial charge in [-0.25, -0.2) is 0 Å². The van der Waals surface area contributed by atoms with Crippen molar-refractivity contribution in [3.8, 4) is 0 Å². The Bertz CT molecular complexity index is 351. The SMILES string of the molecule is CCC(C)CSc1ccc(/C(N)=N/O)nc1. The zero-order valence-electron chi connectivity index (χ0n) is 9.55. The van der Waals surface area contributed by atoms with Gasteiger partial charge >= 0.3 is 0 Å². The van der Waals surface area contributed by atoms with Crippen LogP contribution in [0.1, 0.15) is 26.0 Å². The Kier molecular flexibility index (Phi) is 5.11. The van der Waals surface area contributed by atoms with Crippen molar-refractivity contribution in [2.45, 2.75) is 25.2 Å². The number of oxime groups is 1. The van der Waals surface area contributed by atoms with Gasteiger partial charge < -0.3 is 10.9 Å². The van der Waals surface area contributed by atoms with E-state index in [0.717, 1.165) is 10.6 Å². The zero-order valence-corrected chi connectivity index (χ0v) is 10.4. The summed E-state index contributed by atoms with van der Waals surface area (Å²) in [5.74, 6) is 1.83. The monoisotopic (exact) mass is 239 g/mol. The van der Waals surface area contributed by atoms with E-state index in [2.05, 4.69) is 24.0 Å². The van der Waals surface area contributed by atoms with Crippen molar-refractivity contribution in [3.63, 3.8) is 0 Å². The Hall–Kier alpha value is -1.23. The number of rotatable bonds is 5. The fourth-order valence-electron chi connectivity index (χ4n) is 1.02. The molecule has 0 spiro atoms. The normalized spacial score (nSPS) is 13.8. The van der Waals surface area contributed by atoms with Gasteiger partial charge in [0.2, 0.25) is 0 Å². The van der Waals surface area contributed by atoms with Gasteiger partial charge in [0.15, 0.2) is 5.84 Å². The fourth-order valence-corrected chi connectivity index (χ4v) is 2.03. The number of nitrogens with zero attached hydrogens (tertiary/aromatic N) is 2. The molecular weight excluding hydrogens is 222 g/mol. The molecule has 0 aromatic carbocycles. The standard InChI is InChI=1S/C11H17N3OS/c1-3-8(2)7-16-9-4-5-10(13-6-9)11(12)14-15/h4-6,8,15H,3,7H2,1-2H3,(H2,12,14). The molecule has 0 fully saturated rings. The molecule has 0 radical (unpaired) electrons. The smallest absolute Gasteiger partial charge is 0.188 e. The minimum absolute atomic E-state index is 0.0403. The van der Waals surface area contributed by atoms with Crippen LogP contribution in [0.2, 0.25) is 0 Å². The van der Waals surface area contributed by atoms with Crippen LogP contribution in [0.25, 0.3) is 0 Å². The van der Waals surface area contributed by atoms with E-state index in [9.17, 15) is 0 Å². The van der Waals surface area contributed by atoms with Gasteiger partial charge in [0, 0.05) is 16.8 Å². The summed E-state index contributed by atoms with van der Waals surface area (Å²) >= 11 is 1.78. The predicted octanol–water partition coefficient (Wildman–Crippen LogP) is 2.31. The van der Waals surface area contributed by atoms with Crippen LogP contribution in [0.5, 0.6) is 0 Å². The molecule has 3 N–H and O–H groups in total. The van der Waals surface area contributed by atoms with Crippen molar-refractivity contribution in [3.05, 3.63) is 24.0 Å². The van der Waals surface area contributed by atoms with E-state index in [0.29, 0.717) is 11.6 Å². The van der Waals surface area contributed by atoms with Gasteiger partial charge in [0.25, 0.3) is 0 Å². The van der Waals surface area contributed by atoms with Crippen LogP contribution in [0.3, 0.4) is 0 Å². The number of amidine groups is 1. The Morgan fingerprint density at radius 2 is 2.38 bits per heavy atom. The molecule has 0 aliphatic carbocycles. The minimum atomic E-state index is 0.0403. The van der Waals surface area contributed by atoms with Crippen LogP contribution >= 0.6 is 11.8 Å². The highest BCUT2D eigenvalue weighted by Crippen LogP contribution is 2.21. The number of pyridine rings is 1. The molecule has 0 aliphatic rings. The first kappa shape index (κ1) is 12.8. The van der Waals surface area contributed by atoms with Crippen LogP contribution in [0, 0.1) is 5.92 Å². The zero-order chi connectivity index (χ0) is 12.0. The van der Waals surface area contributed by atoms with Crippen LogP contribution in [0.15, 0.2) is 28.4 Å². The predicted molar refractivity (Wildman–Crippen MR) is 66.9 cm³/mol. The molecule has 0 saturated heterocycles. The topological polar surface area (TPSA) is 71.5 Å². The van der Waals surface area contributed by atoms with E-state index < -0.39 is 0 Å². The summed E-state index contributed by atoms with van der Waals surface area (Å²) in [6, 6.07) is 3.70. The first-order valence-corrected chi connectivity index (χ1v) is 6.22. The van der Waals surface area contributed by atoms with Gasteiger partial charge in [-0.2, -0.15) is 0 Å². The van der Waals surface area contributed by atoms with Gasteiger partial charge in [-0.15, -0.1) is 11.8 Å². The fraction of sp³-hybridized carbons (Fsp3) is 0.455. The second-order valence-corrected chi connectivity index (χ2v) is 4.78. The Labute approximate surface area is 99.9 Å². The lowest BCUT2D eigenvalue weighted by atomic mass is 10.2. The average Bonchev–Trinajstić information content (AvgIpc) is 2.35. The second kappa shape index (κ2) is 6.37. The van der Waals surface area contributed by atoms with Gasteiger partial charge in [0.1, 0.15) is 5.69 Å². The highest BCUT2D eigenvalue weighted by Gasteiger charge is 2.03.